The van der Waals surface area contributed by atoms with Crippen LogP contribution >= 0.6 is 0 Å². The minimum Gasteiger partial charge on any atom is -0.469 e. The smallest absolute Gasteiger partial charge is 0.317 e. The summed E-state index contributed by atoms with van der Waals surface area (Å²) in [6.07, 6.45) is 6.28. The lowest BCUT2D eigenvalue weighted by Gasteiger charge is -2.31. The van der Waals surface area contributed by atoms with Gasteiger partial charge in [-0.15, -0.1) is 0 Å². The highest BCUT2D eigenvalue weighted by Gasteiger charge is 2.59. The van der Waals surface area contributed by atoms with Crippen LogP contribution in [-0.2, 0) is 28.5 Å². The molecule has 0 radical (unpaired) electrons. The zero-order valence-electron chi connectivity index (χ0n) is 11.0. The maximum Gasteiger partial charge on any atom is 0.317 e. The first-order valence-corrected chi connectivity index (χ1v) is 5.81. The average Bonchev–Trinajstić information content (AvgIpc) is 2.77. The molecule has 1 saturated heterocycles. The standard InChI is InChI=1S/C13H16O6/c1-16-11(15)10-8-12(6-4-9(14)5-7-12)19-13(10,17-2)18-3/h4-7,10H,8H2,1-3H3. The van der Waals surface area contributed by atoms with E-state index in [2.05, 4.69) is 0 Å². The van der Waals surface area contributed by atoms with E-state index in [1.165, 1.54) is 33.5 Å². The Balaban J connectivity index is 2.35. The van der Waals surface area contributed by atoms with Crippen LogP contribution in [0.1, 0.15) is 6.42 Å². The van der Waals surface area contributed by atoms with Crippen molar-refractivity contribution in [2.24, 2.45) is 5.92 Å². The van der Waals surface area contributed by atoms with Gasteiger partial charge >= 0.3 is 5.97 Å². The highest BCUT2D eigenvalue weighted by molar-refractivity contribution is 6.00. The quantitative estimate of drug-likeness (QED) is 0.550. The Morgan fingerprint density at radius 2 is 1.84 bits per heavy atom. The Kier molecular flexibility index (Phi) is 3.58. The summed E-state index contributed by atoms with van der Waals surface area (Å²) < 4.78 is 21.0. The molecule has 1 fully saturated rings. The molecule has 0 aromatic carbocycles. The number of hydrogen-bond acceptors (Lipinski definition) is 6. The number of ketones is 1. The van der Waals surface area contributed by atoms with Crippen LogP contribution in [0.5, 0.6) is 0 Å². The molecule has 2 aliphatic rings. The number of hydrogen-bond donors (Lipinski definition) is 0. The normalized spacial score (nSPS) is 26.9. The molecule has 104 valence electrons. The summed E-state index contributed by atoms with van der Waals surface area (Å²) in [4.78, 5) is 23.1. The number of carbonyl (C=O) groups excluding carboxylic acids is 2. The van der Waals surface area contributed by atoms with Gasteiger partial charge in [0.2, 0.25) is 0 Å². The van der Waals surface area contributed by atoms with Crippen LogP contribution in [0.2, 0.25) is 0 Å². The monoisotopic (exact) mass is 268 g/mol. The fourth-order valence-corrected chi connectivity index (χ4v) is 2.40. The summed E-state index contributed by atoms with van der Waals surface area (Å²) in [6, 6.07) is 0. The second kappa shape index (κ2) is 4.88. The van der Waals surface area contributed by atoms with Crippen molar-refractivity contribution in [1.29, 1.82) is 0 Å². The van der Waals surface area contributed by atoms with E-state index in [0.29, 0.717) is 0 Å². The molecule has 6 nitrogen and oxygen atoms in total. The summed E-state index contributed by atoms with van der Waals surface area (Å²) in [7, 11) is 4.07. The molecule has 0 N–H and O–H groups in total. The molecule has 2 rings (SSSR count). The predicted molar refractivity (Wildman–Crippen MR) is 64.0 cm³/mol. The van der Waals surface area contributed by atoms with Crippen LogP contribution in [0.4, 0.5) is 0 Å². The molecule has 19 heavy (non-hydrogen) atoms. The van der Waals surface area contributed by atoms with Gasteiger partial charge < -0.3 is 18.9 Å². The zero-order valence-corrected chi connectivity index (χ0v) is 11.0. The predicted octanol–water partition coefficient (Wildman–Crippen LogP) is 0.576. The Bertz CT molecular complexity index is 430. The highest BCUT2D eigenvalue weighted by Crippen LogP contribution is 2.46. The molecule has 0 amide bonds. The zero-order chi connectivity index (χ0) is 14.1. The summed E-state index contributed by atoms with van der Waals surface area (Å²) in [5.74, 6) is -2.87. The van der Waals surface area contributed by atoms with Crippen molar-refractivity contribution in [2.45, 2.75) is 18.0 Å². The number of carbonyl (C=O) groups is 2. The number of allylic oxidation sites excluding steroid dienone is 2. The van der Waals surface area contributed by atoms with Crippen molar-refractivity contribution in [1.82, 2.24) is 0 Å². The largest absolute Gasteiger partial charge is 0.469 e. The van der Waals surface area contributed by atoms with E-state index >= 15 is 0 Å². The molecular weight excluding hydrogens is 252 g/mol. The Morgan fingerprint density at radius 3 is 2.32 bits per heavy atom. The van der Waals surface area contributed by atoms with Crippen LogP contribution in [-0.4, -0.2) is 44.7 Å². The van der Waals surface area contributed by atoms with Gasteiger partial charge in [0.25, 0.3) is 5.97 Å². The average molecular weight is 268 g/mol. The molecule has 1 spiro atoms. The lowest BCUT2D eigenvalue weighted by Crippen LogP contribution is -2.44. The molecular formula is C13H16O6. The van der Waals surface area contributed by atoms with E-state index < -0.39 is 23.5 Å². The first kappa shape index (κ1) is 13.9. The van der Waals surface area contributed by atoms with E-state index in [0.717, 1.165) is 0 Å². The van der Waals surface area contributed by atoms with Crippen molar-refractivity contribution in [2.75, 3.05) is 21.3 Å². The lowest BCUT2D eigenvalue weighted by atomic mass is 9.89. The molecule has 0 bridgehead atoms. The Labute approximate surface area is 111 Å². The third kappa shape index (κ3) is 2.22. The van der Waals surface area contributed by atoms with E-state index in [-0.39, 0.29) is 12.2 Å². The van der Waals surface area contributed by atoms with Crippen molar-refractivity contribution in [3.63, 3.8) is 0 Å². The molecule has 1 aliphatic heterocycles. The van der Waals surface area contributed by atoms with Crippen LogP contribution in [0, 0.1) is 5.92 Å². The van der Waals surface area contributed by atoms with Crippen molar-refractivity contribution >= 4 is 11.8 Å². The van der Waals surface area contributed by atoms with E-state index in [1.54, 1.807) is 12.2 Å². The maximum atomic E-state index is 11.9. The van der Waals surface area contributed by atoms with E-state index in [1.807, 2.05) is 0 Å². The molecule has 1 aliphatic carbocycles. The minimum atomic E-state index is -1.51. The molecule has 1 heterocycles. The second-order valence-corrected chi connectivity index (χ2v) is 4.42. The maximum absolute atomic E-state index is 11.9. The number of rotatable bonds is 3. The number of methoxy groups -OCH3 is 3. The van der Waals surface area contributed by atoms with E-state index in [9.17, 15) is 9.59 Å². The summed E-state index contributed by atoms with van der Waals surface area (Å²) in [5.41, 5.74) is -0.890. The molecule has 1 atom stereocenters. The molecule has 0 aromatic rings. The van der Waals surface area contributed by atoms with Gasteiger partial charge in [0.1, 0.15) is 11.5 Å². The SMILES string of the molecule is COC(=O)C1CC2(C=CC(=O)C=C2)OC1(OC)OC. The summed E-state index contributed by atoms with van der Waals surface area (Å²) in [5, 5.41) is 0. The van der Waals surface area contributed by atoms with Gasteiger partial charge in [-0.05, 0) is 24.3 Å². The van der Waals surface area contributed by atoms with Gasteiger partial charge in [-0.3, -0.25) is 9.59 Å². The van der Waals surface area contributed by atoms with Gasteiger partial charge in [0.15, 0.2) is 5.78 Å². The third-order valence-electron chi connectivity index (χ3n) is 3.40. The van der Waals surface area contributed by atoms with Crippen molar-refractivity contribution in [3.8, 4) is 0 Å². The van der Waals surface area contributed by atoms with Crippen molar-refractivity contribution < 1.29 is 28.5 Å². The summed E-state index contributed by atoms with van der Waals surface area (Å²) >= 11 is 0. The first-order valence-electron chi connectivity index (χ1n) is 5.81. The third-order valence-corrected chi connectivity index (χ3v) is 3.40. The number of esters is 1. The molecule has 0 saturated carbocycles. The topological polar surface area (TPSA) is 71.1 Å². The molecule has 6 heteroatoms. The number of ether oxygens (including phenoxy) is 4. The highest BCUT2D eigenvalue weighted by atomic mass is 16.9. The van der Waals surface area contributed by atoms with Gasteiger partial charge in [-0.1, -0.05) is 0 Å². The van der Waals surface area contributed by atoms with Crippen LogP contribution < -0.4 is 0 Å². The minimum absolute atomic E-state index is 0.129. The summed E-state index contributed by atoms with van der Waals surface area (Å²) in [6.45, 7) is 0. The van der Waals surface area contributed by atoms with Gasteiger partial charge in [-0.25, -0.2) is 0 Å². The second-order valence-electron chi connectivity index (χ2n) is 4.42. The fourth-order valence-electron chi connectivity index (χ4n) is 2.40. The van der Waals surface area contributed by atoms with Gasteiger partial charge in [0, 0.05) is 20.6 Å². The van der Waals surface area contributed by atoms with Gasteiger partial charge in [0.05, 0.1) is 7.11 Å². The van der Waals surface area contributed by atoms with E-state index in [4.69, 9.17) is 18.9 Å². The van der Waals surface area contributed by atoms with Crippen LogP contribution in [0.3, 0.4) is 0 Å². The first-order chi connectivity index (χ1) is 9.01. The fraction of sp³-hybridized carbons (Fsp3) is 0.538. The Morgan fingerprint density at radius 1 is 1.26 bits per heavy atom. The molecule has 1 unspecified atom stereocenters. The van der Waals surface area contributed by atoms with Crippen molar-refractivity contribution in [3.05, 3.63) is 24.3 Å². The lowest BCUT2D eigenvalue weighted by molar-refractivity contribution is -0.369. The van der Waals surface area contributed by atoms with Crippen LogP contribution in [0.15, 0.2) is 24.3 Å². The van der Waals surface area contributed by atoms with Crippen LogP contribution in [0.25, 0.3) is 0 Å². The van der Waals surface area contributed by atoms with Gasteiger partial charge in [-0.2, -0.15) is 0 Å². The molecule has 0 aromatic heterocycles. The Hall–Kier alpha value is -1.50.